The van der Waals surface area contributed by atoms with Crippen molar-refractivity contribution in [2.45, 2.75) is 33.5 Å². The highest BCUT2D eigenvalue weighted by Gasteiger charge is 2.15. The molecule has 0 heterocycles. The van der Waals surface area contributed by atoms with E-state index < -0.39 is 6.10 Å². The van der Waals surface area contributed by atoms with Crippen LogP contribution in [0.25, 0.3) is 0 Å². The molecule has 0 N–H and O–H groups in total. The molecule has 0 amide bonds. The summed E-state index contributed by atoms with van der Waals surface area (Å²) in [5.41, 5.74) is 1.05. The number of benzene rings is 1. The van der Waals surface area contributed by atoms with Crippen LogP contribution in [0.4, 0.5) is 0 Å². The molecule has 1 aromatic rings. The van der Waals surface area contributed by atoms with Gasteiger partial charge in [-0.1, -0.05) is 44.2 Å². The highest BCUT2D eigenvalue weighted by molar-refractivity contribution is 5.74. The van der Waals surface area contributed by atoms with Crippen LogP contribution in [-0.4, -0.2) is 18.7 Å². The van der Waals surface area contributed by atoms with Gasteiger partial charge in [0.1, 0.15) is 0 Å². The maximum atomic E-state index is 11.5. The SMILES string of the molecule is CC(C)COC(=O)C(C)OCc1ccccc1. The van der Waals surface area contributed by atoms with Gasteiger partial charge in [-0.05, 0) is 18.4 Å². The molecule has 1 rings (SSSR count). The van der Waals surface area contributed by atoms with E-state index in [1.165, 1.54) is 0 Å². The largest absolute Gasteiger partial charge is 0.464 e. The molecule has 3 nitrogen and oxygen atoms in total. The zero-order chi connectivity index (χ0) is 12.7. The number of ether oxygens (including phenoxy) is 2. The lowest BCUT2D eigenvalue weighted by atomic mass is 10.2. The van der Waals surface area contributed by atoms with Gasteiger partial charge in [-0.2, -0.15) is 0 Å². The van der Waals surface area contributed by atoms with Gasteiger partial charge in [0.25, 0.3) is 0 Å². The van der Waals surface area contributed by atoms with Gasteiger partial charge in [-0.3, -0.25) is 0 Å². The lowest BCUT2D eigenvalue weighted by Gasteiger charge is -2.13. The number of esters is 1. The van der Waals surface area contributed by atoms with Crippen molar-refractivity contribution >= 4 is 5.97 Å². The maximum Gasteiger partial charge on any atom is 0.334 e. The van der Waals surface area contributed by atoms with Crippen molar-refractivity contribution in [1.82, 2.24) is 0 Å². The van der Waals surface area contributed by atoms with Crippen molar-refractivity contribution in [3.63, 3.8) is 0 Å². The summed E-state index contributed by atoms with van der Waals surface area (Å²) >= 11 is 0. The standard InChI is InChI=1S/C14H20O3/c1-11(2)9-17-14(15)12(3)16-10-13-7-5-4-6-8-13/h4-8,11-12H,9-10H2,1-3H3. The molecule has 0 bridgehead atoms. The second-order valence-corrected chi connectivity index (χ2v) is 4.46. The molecule has 1 aromatic carbocycles. The molecule has 94 valence electrons. The van der Waals surface area contributed by atoms with Gasteiger partial charge in [-0.25, -0.2) is 4.79 Å². The van der Waals surface area contributed by atoms with Gasteiger partial charge in [0.2, 0.25) is 0 Å². The first-order valence-corrected chi connectivity index (χ1v) is 5.91. The zero-order valence-corrected chi connectivity index (χ0v) is 10.7. The molecule has 0 aliphatic carbocycles. The monoisotopic (exact) mass is 236 g/mol. The summed E-state index contributed by atoms with van der Waals surface area (Å²) < 4.78 is 10.5. The minimum absolute atomic E-state index is 0.297. The summed E-state index contributed by atoms with van der Waals surface area (Å²) in [5.74, 6) is 0.0508. The number of hydrogen-bond donors (Lipinski definition) is 0. The molecular weight excluding hydrogens is 216 g/mol. The fourth-order valence-corrected chi connectivity index (χ4v) is 1.23. The van der Waals surface area contributed by atoms with Crippen LogP contribution in [0.3, 0.4) is 0 Å². The van der Waals surface area contributed by atoms with Crippen molar-refractivity contribution in [2.75, 3.05) is 6.61 Å². The normalized spacial score (nSPS) is 12.5. The summed E-state index contributed by atoms with van der Waals surface area (Å²) in [6.07, 6.45) is -0.519. The van der Waals surface area contributed by atoms with Crippen LogP contribution in [0.1, 0.15) is 26.3 Å². The van der Waals surface area contributed by atoms with E-state index in [0.717, 1.165) is 5.56 Å². The first-order chi connectivity index (χ1) is 8.09. The maximum absolute atomic E-state index is 11.5. The van der Waals surface area contributed by atoms with Crippen LogP contribution in [0.2, 0.25) is 0 Å². The number of carbonyl (C=O) groups excluding carboxylic acids is 1. The quantitative estimate of drug-likeness (QED) is 0.712. The van der Waals surface area contributed by atoms with Gasteiger partial charge >= 0.3 is 5.97 Å². The van der Waals surface area contributed by atoms with Crippen LogP contribution >= 0.6 is 0 Å². The van der Waals surface area contributed by atoms with E-state index in [9.17, 15) is 4.79 Å². The van der Waals surface area contributed by atoms with E-state index in [2.05, 4.69) is 0 Å². The van der Waals surface area contributed by atoms with Gasteiger partial charge in [0.05, 0.1) is 13.2 Å². The highest BCUT2D eigenvalue weighted by atomic mass is 16.6. The van der Waals surface area contributed by atoms with Crippen molar-refractivity contribution < 1.29 is 14.3 Å². The Kier molecular flexibility index (Phi) is 5.70. The van der Waals surface area contributed by atoms with Crippen LogP contribution in [-0.2, 0) is 20.9 Å². The molecule has 1 atom stereocenters. The lowest BCUT2D eigenvalue weighted by molar-refractivity contribution is -0.157. The van der Waals surface area contributed by atoms with Gasteiger partial charge in [-0.15, -0.1) is 0 Å². The lowest BCUT2D eigenvalue weighted by Crippen LogP contribution is -2.24. The molecule has 0 spiro atoms. The third-order valence-corrected chi connectivity index (χ3v) is 2.23. The van der Waals surface area contributed by atoms with E-state index in [1.54, 1.807) is 6.92 Å². The zero-order valence-electron chi connectivity index (χ0n) is 10.7. The Morgan fingerprint density at radius 1 is 1.18 bits per heavy atom. The van der Waals surface area contributed by atoms with Crippen LogP contribution in [0.15, 0.2) is 30.3 Å². The van der Waals surface area contributed by atoms with Gasteiger partial charge in [0.15, 0.2) is 6.10 Å². The molecule has 17 heavy (non-hydrogen) atoms. The minimum atomic E-state index is -0.519. The average Bonchev–Trinajstić information content (AvgIpc) is 2.34. The fourth-order valence-electron chi connectivity index (χ4n) is 1.23. The Bertz CT molecular complexity index is 333. The Labute approximate surface area is 103 Å². The molecule has 0 aliphatic heterocycles. The molecule has 3 heteroatoms. The van der Waals surface area contributed by atoms with Crippen molar-refractivity contribution in [2.24, 2.45) is 5.92 Å². The first-order valence-electron chi connectivity index (χ1n) is 5.91. The fraction of sp³-hybridized carbons (Fsp3) is 0.500. The van der Waals surface area contributed by atoms with E-state index >= 15 is 0 Å². The smallest absolute Gasteiger partial charge is 0.334 e. The molecular formula is C14H20O3. The molecule has 0 aromatic heterocycles. The van der Waals surface area contributed by atoms with Crippen LogP contribution in [0, 0.1) is 5.92 Å². The Balaban J connectivity index is 2.29. The Hall–Kier alpha value is -1.35. The van der Waals surface area contributed by atoms with Crippen molar-refractivity contribution in [3.8, 4) is 0 Å². The van der Waals surface area contributed by atoms with E-state index in [0.29, 0.717) is 19.1 Å². The molecule has 0 radical (unpaired) electrons. The Morgan fingerprint density at radius 2 is 1.82 bits per heavy atom. The predicted octanol–water partition coefficient (Wildman–Crippen LogP) is 2.79. The molecule has 0 fully saturated rings. The van der Waals surface area contributed by atoms with Crippen LogP contribution < -0.4 is 0 Å². The first kappa shape index (κ1) is 13.7. The van der Waals surface area contributed by atoms with Gasteiger partial charge in [0, 0.05) is 0 Å². The molecule has 1 unspecified atom stereocenters. The van der Waals surface area contributed by atoms with E-state index in [4.69, 9.17) is 9.47 Å². The number of hydrogen-bond acceptors (Lipinski definition) is 3. The van der Waals surface area contributed by atoms with Gasteiger partial charge < -0.3 is 9.47 Å². The highest BCUT2D eigenvalue weighted by Crippen LogP contribution is 2.05. The summed E-state index contributed by atoms with van der Waals surface area (Å²) in [6, 6.07) is 9.77. The van der Waals surface area contributed by atoms with Crippen LogP contribution in [0.5, 0.6) is 0 Å². The molecule has 0 saturated heterocycles. The summed E-state index contributed by atoms with van der Waals surface area (Å²) in [5, 5.41) is 0. The van der Waals surface area contributed by atoms with E-state index in [-0.39, 0.29) is 5.97 Å². The average molecular weight is 236 g/mol. The molecule has 0 aliphatic rings. The van der Waals surface area contributed by atoms with Crippen molar-refractivity contribution in [1.29, 1.82) is 0 Å². The minimum Gasteiger partial charge on any atom is -0.464 e. The second kappa shape index (κ2) is 7.07. The Morgan fingerprint density at radius 3 is 2.41 bits per heavy atom. The topological polar surface area (TPSA) is 35.5 Å². The van der Waals surface area contributed by atoms with E-state index in [1.807, 2.05) is 44.2 Å². The third-order valence-electron chi connectivity index (χ3n) is 2.23. The summed E-state index contributed by atoms with van der Waals surface area (Å²) in [7, 11) is 0. The second-order valence-electron chi connectivity index (χ2n) is 4.46. The summed E-state index contributed by atoms with van der Waals surface area (Å²) in [4.78, 5) is 11.5. The molecule has 0 saturated carbocycles. The summed E-state index contributed by atoms with van der Waals surface area (Å²) in [6.45, 7) is 6.59. The van der Waals surface area contributed by atoms with Crippen molar-refractivity contribution in [3.05, 3.63) is 35.9 Å². The number of carbonyl (C=O) groups is 1. The number of rotatable bonds is 6. The predicted molar refractivity (Wildman–Crippen MR) is 66.5 cm³/mol. The third kappa shape index (κ3) is 5.50.